The third-order valence-corrected chi connectivity index (χ3v) is 21.4. The average Bonchev–Trinajstić information content (AvgIpc) is 3.71. The van der Waals surface area contributed by atoms with Crippen LogP contribution in [-0.4, -0.2) is 93.1 Å². The monoisotopic (exact) mass is 1040 g/mol. The molecule has 74 heavy (non-hydrogen) atoms. The van der Waals surface area contributed by atoms with Gasteiger partial charge in [0.15, 0.2) is 23.7 Å². The molecule has 13 nitrogen and oxygen atoms in total. The molecule has 0 bridgehead atoms. The van der Waals surface area contributed by atoms with Gasteiger partial charge in [-0.25, -0.2) is 4.39 Å². The summed E-state index contributed by atoms with van der Waals surface area (Å²) in [6, 6.07) is 0. The number of ether oxygens (including phenoxy) is 3. The maximum Gasteiger partial charge on any atom is 1.00 e. The molecule has 8 aliphatic carbocycles. The molecule has 3 N–H and O–H groups in total. The molecule has 7 fully saturated rings. The molecule has 0 spiro atoms. The molecule has 0 radical (unpaired) electrons. The summed E-state index contributed by atoms with van der Waals surface area (Å²) in [5.74, 6) is -4.56. The summed E-state index contributed by atoms with van der Waals surface area (Å²) in [7, 11) is 0. The van der Waals surface area contributed by atoms with Crippen LogP contribution < -0.4 is 34.7 Å². The molecule has 8 rings (SSSR count). The van der Waals surface area contributed by atoms with E-state index < -0.39 is 88.5 Å². The minimum absolute atomic E-state index is 0. The van der Waals surface area contributed by atoms with Crippen molar-refractivity contribution in [3.8, 4) is 0 Å². The van der Waals surface area contributed by atoms with Crippen molar-refractivity contribution in [3.63, 3.8) is 0 Å². The number of carbonyl (C=O) groups excluding carboxylic acids is 6. The van der Waals surface area contributed by atoms with Crippen molar-refractivity contribution in [2.24, 2.45) is 68.5 Å². The molecule has 0 aromatic rings. The summed E-state index contributed by atoms with van der Waals surface area (Å²) in [6.07, 6.45) is 10.2. The van der Waals surface area contributed by atoms with Crippen molar-refractivity contribution in [2.75, 3.05) is 6.61 Å². The average molecular weight is 1040 g/mol. The molecule has 0 aliphatic heterocycles. The maximum absolute atomic E-state index is 17.4. The Bertz CT molecular complexity index is 2370. The number of carboxylic acid groups (broad SMARTS) is 1. The summed E-state index contributed by atoms with van der Waals surface area (Å²) >= 11 is 0. The normalized spacial score (nSPS) is 44.1. The molecule has 0 heterocycles. The number of allylic oxidation sites excluding steroid dienone is 6. The summed E-state index contributed by atoms with van der Waals surface area (Å²) in [5, 5.41) is 46.6. The van der Waals surface area contributed by atoms with Gasteiger partial charge in [0.2, 0.25) is 5.78 Å². The van der Waals surface area contributed by atoms with Crippen LogP contribution in [0.3, 0.4) is 0 Å². The number of hydrogen-bond donors (Lipinski definition) is 3. The smallest absolute Gasteiger partial charge is 0.545 e. The fourth-order valence-corrected chi connectivity index (χ4v) is 17.8. The van der Waals surface area contributed by atoms with Crippen molar-refractivity contribution >= 4 is 35.4 Å². The number of fused-ring (bicyclic) bond motifs is 10. The second kappa shape index (κ2) is 21.7. The molecular weight excluding hydrogens is 959 g/mol. The number of alkyl halides is 1. The molecule has 0 saturated heterocycles. The zero-order chi connectivity index (χ0) is 54.2. The van der Waals surface area contributed by atoms with Crippen LogP contribution in [0.4, 0.5) is 4.39 Å². The minimum Gasteiger partial charge on any atom is -0.545 e. The molecular formula is C59H84FNaO13. The predicted octanol–water partition coefficient (Wildman–Crippen LogP) is 5.15. The van der Waals surface area contributed by atoms with E-state index in [4.69, 9.17) is 14.2 Å². The topological polar surface area (TPSA) is 214 Å². The Labute approximate surface area is 460 Å². The molecule has 15 heteroatoms. The number of hydrogen-bond acceptors (Lipinski definition) is 13. The summed E-state index contributed by atoms with van der Waals surface area (Å²) < 4.78 is 34.4. The standard InChI is InChI=1S/C31H48O6.C28H37FO7.Na/c1-17(2)9-8-10-20(28(35)36)26-22-15-24(34)27-29(5)13-12-23(33)18(3)21(29)11-14-30(27,6)31(22,7)16-25(26)37-19(4)32;1-6-23(33)35-15-22(32)28(36-24(34)7-2)16(3)12-20-19-9-8-17-13-18(30)10-11-25(17,4)27(19,29)21(31)14-26(20,28)5;/h9,18,21-25,27,33-34H,8,10-16H2,1-7H3,(H,35,36);10-11,13,16,19-21,31H,6-9,12,14-15H2,1-5H3;/q;;+1/p-1/b26-20-;;/t18-,21-,22-,23+,24+,25-,27-,29-,30-,31-;16-,19-,20-,21-,25-,26-,27-,28-;/m00./s1. The van der Waals surface area contributed by atoms with E-state index in [0.717, 1.165) is 31.3 Å². The van der Waals surface area contributed by atoms with Gasteiger partial charge in [-0.3, -0.25) is 24.0 Å². The molecule has 7 saturated carbocycles. The van der Waals surface area contributed by atoms with E-state index in [1.165, 1.54) is 19.1 Å². The number of carbonyl (C=O) groups is 6. The SMILES string of the molecule is CC(=O)O[C@H]1C[C@@]2(C)[C@@H](C[C@@H](O)[C@H]3[C@@]4(C)CC[C@@H](O)[C@@H](C)[C@@H]4CC[C@@]32C)/C1=C(\CCC=C(C)C)C(=O)[O-].CCC(=O)OCC(=O)[C@@]1(OC(=O)CC)[C@@H](C)C[C@H]2[C@@H]3CCC4=CC(=O)C=C[C@]4(C)[C@@]3(F)[C@@H](O)C[C@@]21C.[Na+]. The van der Waals surface area contributed by atoms with Crippen LogP contribution in [0, 0.1) is 68.5 Å². The predicted molar refractivity (Wildman–Crippen MR) is 268 cm³/mol. The quantitative estimate of drug-likeness (QED) is 0.0804. The number of rotatable bonds is 11. The Morgan fingerprint density at radius 3 is 2.11 bits per heavy atom. The number of carboxylic acids is 1. The zero-order valence-electron chi connectivity index (χ0n) is 46.6. The Hall–Kier alpha value is -3.01. The van der Waals surface area contributed by atoms with Crippen LogP contribution in [0.25, 0.3) is 0 Å². The van der Waals surface area contributed by atoms with Gasteiger partial charge >= 0.3 is 47.5 Å². The van der Waals surface area contributed by atoms with Gasteiger partial charge in [0.1, 0.15) is 6.10 Å². The summed E-state index contributed by atoms with van der Waals surface area (Å²) in [4.78, 5) is 75.0. The first kappa shape index (κ1) is 60.2. The first-order valence-electron chi connectivity index (χ1n) is 27.3. The molecule has 0 unspecified atom stereocenters. The fraction of sp³-hybridized carbons (Fsp3) is 0.763. The van der Waals surface area contributed by atoms with E-state index in [-0.39, 0.29) is 106 Å². The van der Waals surface area contributed by atoms with Gasteiger partial charge in [-0.05, 0) is 167 Å². The third-order valence-electron chi connectivity index (χ3n) is 21.4. The van der Waals surface area contributed by atoms with Crippen LogP contribution in [-0.2, 0) is 43.0 Å². The van der Waals surface area contributed by atoms with Gasteiger partial charge < -0.3 is 39.4 Å². The number of aliphatic hydroxyl groups excluding tert-OH is 3. The fourth-order valence-electron chi connectivity index (χ4n) is 17.8. The zero-order valence-corrected chi connectivity index (χ0v) is 48.6. The van der Waals surface area contributed by atoms with Gasteiger partial charge in [0.05, 0.1) is 24.3 Å². The van der Waals surface area contributed by atoms with Crippen LogP contribution in [0.1, 0.15) is 173 Å². The molecule has 0 amide bonds. The number of Topliss-reactive ketones (excluding diaryl/α,β-unsaturated/α-hetero) is 1. The van der Waals surface area contributed by atoms with E-state index in [9.17, 15) is 49.2 Å². The van der Waals surface area contributed by atoms with Crippen LogP contribution in [0.2, 0.25) is 0 Å². The maximum atomic E-state index is 17.4. The van der Waals surface area contributed by atoms with Gasteiger partial charge in [-0.15, -0.1) is 0 Å². The molecule has 0 aromatic carbocycles. The second-order valence-corrected chi connectivity index (χ2v) is 25.0. The number of aliphatic carboxylic acids is 1. The van der Waals surface area contributed by atoms with Gasteiger partial charge in [-0.2, -0.15) is 0 Å². The van der Waals surface area contributed by atoms with Crippen molar-refractivity contribution in [1.29, 1.82) is 0 Å². The van der Waals surface area contributed by atoms with Gasteiger partial charge in [-0.1, -0.05) is 78.7 Å². The first-order chi connectivity index (χ1) is 34.0. The molecule has 18 atom stereocenters. The van der Waals surface area contributed by atoms with E-state index in [1.807, 2.05) is 26.8 Å². The van der Waals surface area contributed by atoms with Crippen LogP contribution >= 0.6 is 0 Å². The van der Waals surface area contributed by atoms with Gasteiger partial charge in [0, 0.05) is 42.4 Å². The number of esters is 3. The number of aliphatic hydroxyl groups is 3. The Kier molecular flexibility index (Phi) is 17.6. The van der Waals surface area contributed by atoms with Crippen LogP contribution in [0.5, 0.6) is 0 Å². The molecule has 8 aliphatic rings. The third kappa shape index (κ3) is 9.32. The minimum atomic E-state index is -2.05. The molecule has 406 valence electrons. The van der Waals surface area contributed by atoms with E-state index in [2.05, 4.69) is 27.7 Å². The summed E-state index contributed by atoms with van der Waals surface area (Å²) in [5.41, 5.74) is -3.95. The first-order valence-corrected chi connectivity index (χ1v) is 27.3. The van der Waals surface area contributed by atoms with Gasteiger partial charge in [0.25, 0.3) is 0 Å². The largest absolute Gasteiger partial charge is 1.00 e. The Balaban J connectivity index is 0.000000238. The molecule has 0 aromatic heterocycles. The van der Waals surface area contributed by atoms with E-state index in [1.54, 1.807) is 33.8 Å². The van der Waals surface area contributed by atoms with Crippen molar-refractivity contribution in [3.05, 3.63) is 46.6 Å². The van der Waals surface area contributed by atoms with Crippen LogP contribution in [0.15, 0.2) is 46.6 Å². The van der Waals surface area contributed by atoms with Crippen molar-refractivity contribution < 1.29 is 97.4 Å². The van der Waals surface area contributed by atoms with E-state index in [0.29, 0.717) is 62.0 Å². The second-order valence-electron chi connectivity index (χ2n) is 25.0. The Morgan fingerprint density at radius 1 is 0.838 bits per heavy atom. The van der Waals surface area contributed by atoms with Crippen molar-refractivity contribution in [1.82, 2.24) is 0 Å². The number of ketones is 2. The number of halogens is 1. The van der Waals surface area contributed by atoms with E-state index >= 15 is 4.39 Å². The summed E-state index contributed by atoms with van der Waals surface area (Å²) in [6.45, 7) is 22.4. The van der Waals surface area contributed by atoms with Crippen molar-refractivity contribution in [2.45, 2.75) is 209 Å². The Morgan fingerprint density at radius 2 is 1.50 bits per heavy atom.